The Labute approximate surface area is 214 Å². The van der Waals surface area contributed by atoms with Crippen LogP contribution in [0.25, 0.3) is 0 Å². The van der Waals surface area contributed by atoms with E-state index < -0.39 is 15.6 Å². The van der Waals surface area contributed by atoms with E-state index in [2.05, 4.69) is 54.4 Å². The van der Waals surface area contributed by atoms with Crippen LogP contribution in [0.1, 0.15) is 33.5 Å². The highest BCUT2D eigenvalue weighted by Crippen LogP contribution is 2.36. The fourth-order valence-corrected chi connectivity index (χ4v) is 5.52. The molecule has 2 aromatic heterocycles. The second-order valence-electron chi connectivity index (χ2n) is 9.77. The molecule has 11 nitrogen and oxygen atoms in total. The SMILES string of the molecule is CS(=O)(=O)Nc1cc(C(=O)N2CC3(CC(c4cnc(NC5Cc6ccccc6C5)nc4)=NO3)C2)ccn1. The molecule has 37 heavy (non-hydrogen) atoms. The summed E-state index contributed by atoms with van der Waals surface area (Å²) in [7, 11) is -3.49. The van der Waals surface area contributed by atoms with Gasteiger partial charge in [0, 0.05) is 42.2 Å². The number of aromatic nitrogens is 3. The molecule has 0 bridgehead atoms. The standard InChI is InChI=1S/C25H25N7O4S/c1-37(34,35)31-22-10-18(6-7-26-22)23(33)32-14-25(15-32)11-21(30-36-25)19-12-27-24(28-13-19)29-20-8-16-4-2-3-5-17(16)9-20/h2-7,10,12-13,20H,8-9,11,14-15H2,1H3,(H,26,31)(H,27,28,29). The number of fused-ring (bicyclic) bond motifs is 1. The summed E-state index contributed by atoms with van der Waals surface area (Å²) in [5.41, 5.74) is 4.03. The van der Waals surface area contributed by atoms with Crippen LogP contribution < -0.4 is 10.0 Å². The summed E-state index contributed by atoms with van der Waals surface area (Å²) >= 11 is 0. The summed E-state index contributed by atoms with van der Waals surface area (Å²) in [5, 5.41) is 7.67. The van der Waals surface area contributed by atoms with Crippen molar-refractivity contribution in [3.63, 3.8) is 0 Å². The zero-order chi connectivity index (χ0) is 25.6. The van der Waals surface area contributed by atoms with Crippen LogP contribution in [0.3, 0.4) is 0 Å². The normalized spacial score (nSPS) is 18.1. The lowest BCUT2D eigenvalue weighted by atomic mass is 9.87. The number of carbonyl (C=O) groups is 1. The molecule has 0 unspecified atom stereocenters. The summed E-state index contributed by atoms with van der Waals surface area (Å²) in [5.74, 6) is 0.453. The predicted octanol–water partition coefficient (Wildman–Crippen LogP) is 1.84. The number of amides is 1. The van der Waals surface area contributed by atoms with Gasteiger partial charge in [0.15, 0.2) is 5.60 Å². The maximum atomic E-state index is 12.9. The van der Waals surface area contributed by atoms with Crippen LogP contribution >= 0.6 is 0 Å². The maximum Gasteiger partial charge on any atom is 0.254 e. The lowest BCUT2D eigenvalue weighted by Crippen LogP contribution is -2.63. The van der Waals surface area contributed by atoms with E-state index in [1.807, 2.05) is 0 Å². The first-order valence-corrected chi connectivity index (χ1v) is 13.8. The van der Waals surface area contributed by atoms with E-state index in [4.69, 9.17) is 4.84 Å². The highest BCUT2D eigenvalue weighted by Gasteiger charge is 2.52. The van der Waals surface area contributed by atoms with Gasteiger partial charge in [0.05, 0.1) is 25.1 Å². The van der Waals surface area contributed by atoms with Crippen LogP contribution in [0.15, 0.2) is 60.1 Å². The van der Waals surface area contributed by atoms with Gasteiger partial charge < -0.3 is 15.1 Å². The second kappa shape index (κ2) is 8.80. The number of oxime groups is 1. The van der Waals surface area contributed by atoms with Crippen molar-refractivity contribution < 1.29 is 18.0 Å². The largest absolute Gasteiger partial charge is 0.385 e. The first kappa shape index (κ1) is 23.3. The zero-order valence-electron chi connectivity index (χ0n) is 20.1. The van der Waals surface area contributed by atoms with E-state index in [1.54, 1.807) is 23.4 Å². The third-order valence-corrected chi connectivity index (χ3v) is 7.33. The minimum absolute atomic E-state index is 0.0988. The number of anilines is 2. The Balaban J connectivity index is 1.03. The minimum Gasteiger partial charge on any atom is -0.385 e. The van der Waals surface area contributed by atoms with E-state index in [0.29, 0.717) is 31.0 Å². The molecule has 1 aliphatic carbocycles. The maximum absolute atomic E-state index is 12.9. The van der Waals surface area contributed by atoms with Crippen molar-refractivity contribution in [2.75, 3.05) is 29.4 Å². The molecule has 1 fully saturated rings. The van der Waals surface area contributed by atoms with Gasteiger partial charge >= 0.3 is 0 Å². The summed E-state index contributed by atoms with van der Waals surface area (Å²) in [6.07, 6.45) is 8.36. The molecule has 1 amide bonds. The van der Waals surface area contributed by atoms with E-state index in [1.165, 1.54) is 23.4 Å². The van der Waals surface area contributed by atoms with Crippen LogP contribution in [-0.4, -0.2) is 70.9 Å². The highest BCUT2D eigenvalue weighted by atomic mass is 32.2. The number of rotatable bonds is 6. The molecule has 0 saturated carbocycles. The van der Waals surface area contributed by atoms with Crippen molar-refractivity contribution >= 4 is 33.4 Å². The predicted molar refractivity (Wildman–Crippen MR) is 137 cm³/mol. The van der Waals surface area contributed by atoms with E-state index >= 15 is 0 Å². The number of sulfonamides is 1. The topological polar surface area (TPSA) is 139 Å². The number of likely N-dealkylation sites (tertiary alicyclic amines) is 1. The molecule has 1 spiro atoms. The van der Waals surface area contributed by atoms with Crippen molar-refractivity contribution in [1.82, 2.24) is 19.9 Å². The molecule has 2 N–H and O–H groups in total. The number of hydrogen-bond acceptors (Lipinski definition) is 9. The van der Waals surface area contributed by atoms with Gasteiger partial charge in [-0.15, -0.1) is 0 Å². The molecular formula is C25H25N7O4S. The molecule has 12 heteroatoms. The highest BCUT2D eigenvalue weighted by molar-refractivity contribution is 7.92. The molecule has 1 saturated heterocycles. The smallest absolute Gasteiger partial charge is 0.254 e. The van der Waals surface area contributed by atoms with Crippen molar-refractivity contribution in [3.05, 3.63) is 77.2 Å². The van der Waals surface area contributed by atoms with Gasteiger partial charge in [0.25, 0.3) is 5.91 Å². The van der Waals surface area contributed by atoms with Gasteiger partial charge in [-0.3, -0.25) is 9.52 Å². The lowest BCUT2D eigenvalue weighted by Gasteiger charge is -2.45. The van der Waals surface area contributed by atoms with Gasteiger partial charge in [-0.05, 0) is 36.1 Å². The summed E-state index contributed by atoms with van der Waals surface area (Å²) in [6.45, 7) is 0.747. The van der Waals surface area contributed by atoms with E-state index in [-0.39, 0.29) is 17.8 Å². The first-order valence-electron chi connectivity index (χ1n) is 11.9. The van der Waals surface area contributed by atoms with Crippen LogP contribution in [0.4, 0.5) is 11.8 Å². The third-order valence-electron chi connectivity index (χ3n) is 6.75. The van der Waals surface area contributed by atoms with Crippen molar-refractivity contribution in [1.29, 1.82) is 0 Å². The van der Waals surface area contributed by atoms with Gasteiger partial charge in [0.1, 0.15) is 5.82 Å². The molecule has 3 aliphatic rings. The van der Waals surface area contributed by atoms with Crippen molar-refractivity contribution in [2.24, 2.45) is 5.16 Å². The molecule has 190 valence electrons. The molecule has 1 aromatic carbocycles. The molecular weight excluding hydrogens is 494 g/mol. The third kappa shape index (κ3) is 4.84. The minimum atomic E-state index is -3.49. The number of hydrogen-bond donors (Lipinski definition) is 2. The van der Waals surface area contributed by atoms with Crippen LogP contribution in [0.2, 0.25) is 0 Å². The quantitative estimate of drug-likeness (QED) is 0.503. The Bertz CT molecular complexity index is 1480. The number of carbonyl (C=O) groups excluding carboxylic acids is 1. The monoisotopic (exact) mass is 519 g/mol. The second-order valence-corrected chi connectivity index (χ2v) is 11.5. The molecule has 0 radical (unpaired) electrons. The Kier molecular flexibility index (Phi) is 5.55. The lowest BCUT2D eigenvalue weighted by molar-refractivity contribution is -0.110. The Morgan fingerprint density at radius 3 is 2.46 bits per heavy atom. The van der Waals surface area contributed by atoms with E-state index in [9.17, 15) is 13.2 Å². The summed E-state index contributed by atoms with van der Waals surface area (Å²) in [4.78, 5) is 33.2. The molecule has 3 aromatic rings. The fourth-order valence-electron chi connectivity index (χ4n) is 5.03. The molecule has 4 heterocycles. The Morgan fingerprint density at radius 2 is 1.78 bits per heavy atom. The average Bonchev–Trinajstić information content (AvgIpc) is 3.47. The number of pyridine rings is 1. The van der Waals surface area contributed by atoms with E-state index in [0.717, 1.165) is 30.4 Å². The van der Waals surface area contributed by atoms with Crippen LogP contribution in [-0.2, 0) is 27.7 Å². The van der Waals surface area contributed by atoms with Crippen LogP contribution in [0.5, 0.6) is 0 Å². The van der Waals surface area contributed by atoms with Gasteiger partial charge in [0.2, 0.25) is 16.0 Å². The van der Waals surface area contributed by atoms with Crippen LogP contribution in [0, 0.1) is 0 Å². The molecule has 6 rings (SSSR count). The van der Waals surface area contributed by atoms with Crippen molar-refractivity contribution in [3.8, 4) is 0 Å². The van der Waals surface area contributed by atoms with Gasteiger partial charge in [-0.1, -0.05) is 29.4 Å². The molecule has 2 aliphatic heterocycles. The number of nitrogens with zero attached hydrogens (tertiary/aromatic N) is 5. The number of nitrogens with one attached hydrogen (secondary N) is 2. The fraction of sp³-hybridized carbons (Fsp3) is 0.320. The van der Waals surface area contributed by atoms with Gasteiger partial charge in [-0.2, -0.15) is 0 Å². The Hall–Kier alpha value is -4.06. The summed E-state index contributed by atoms with van der Waals surface area (Å²) in [6, 6.07) is 11.7. The van der Waals surface area contributed by atoms with Gasteiger partial charge in [-0.25, -0.2) is 23.4 Å². The zero-order valence-corrected chi connectivity index (χ0v) is 20.9. The molecule has 0 atom stereocenters. The van der Waals surface area contributed by atoms with Crippen molar-refractivity contribution in [2.45, 2.75) is 30.9 Å². The first-order chi connectivity index (χ1) is 17.8. The number of benzene rings is 1. The average molecular weight is 520 g/mol. The summed E-state index contributed by atoms with van der Waals surface area (Å²) < 4.78 is 25.2. The Morgan fingerprint density at radius 1 is 1.08 bits per heavy atom.